The minimum atomic E-state index is -0.195. The number of aryl methyl sites for hydroxylation is 1. The average molecular weight is 406 g/mol. The monoisotopic (exact) mass is 406 g/mol. The molecule has 7 heteroatoms. The lowest BCUT2D eigenvalue weighted by atomic mass is 10.1. The first-order valence-corrected chi connectivity index (χ1v) is 9.63. The second-order valence-corrected chi connectivity index (χ2v) is 7.35. The summed E-state index contributed by atoms with van der Waals surface area (Å²) in [5, 5.41) is 6.66. The number of nitrogens with zero attached hydrogens (tertiary/aromatic N) is 2. The van der Waals surface area contributed by atoms with E-state index in [1.54, 1.807) is 12.0 Å². The first-order valence-electron chi connectivity index (χ1n) is 9.63. The van der Waals surface area contributed by atoms with E-state index in [2.05, 4.69) is 15.6 Å². The van der Waals surface area contributed by atoms with Crippen LogP contribution in [0.5, 0.6) is 5.75 Å². The number of anilines is 1. The number of benzene rings is 2. The molecule has 7 nitrogen and oxygen atoms in total. The Morgan fingerprint density at radius 2 is 1.90 bits per heavy atom. The molecule has 0 aliphatic rings. The van der Waals surface area contributed by atoms with E-state index in [1.165, 1.54) is 0 Å². The molecular weight excluding hydrogens is 380 g/mol. The number of carbonyl (C=O) groups is 2. The summed E-state index contributed by atoms with van der Waals surface area (Å²) in [5.74, 6) is 0.444. The summed E-state index contributed by atoms with van der Waals surface area (Å²) in [6.45, 7) is 2.46. The number of likely N-dealkylation sites (N-methyl/N-ethyl adjacent to an activating group) is 1. The van der Waals surface area contributed by atoms with Gasteiger partial charge in [-0.05, 0) is 56.9 Å². The fourth-order valence-corrected chi connectivity index (χ4v) is 3.12. The number of aromatic nitrogens is 1. The molecule has 3 aromatic rings. The molecule has 3 rings (SSSR count). The van der Waals surface area contributed by atoms with Crippen LogP contribution in [-0.4, -0.2) is 49.4 Å². The van der Waals surface area contributed by atoms with Crippen LogP contribution in [0.15, 0.2) is 48.5 Å². The summed E-state index contributed by atoms with van der Waals surface area (Å²) >= 11 is 0. The van der Waals surface area contributed by atoms with E-state index < -0.39 is 0 Å². The Labute approximate surface area is 176 Å². The van der Waals surface area contributed by atoms with E-state index in [-0.39, 0.29) is 11.8 Å². The fourth-order valence-electron chi connectivity index (χ4n) is 3.12. The molecule has 0 radical (unpaired) electrons. The Kier molecular flexibility index (Phi) is 6.64. The first-order chi connectivity index (χ1) is 14.4. The predicted molar refractivity (Wildman–Crippen MR) is 118 cm³/mol. The summed E-state index contributed by atoms with van der Waals surface area (Å²) in [4.78, 5) is 31.0. The smallest absolute Gasteiger partial charge is 0.253 e. The fraction of sp³-hybridized carbons (Fsp3) is 0.261. The largest absolute Gasteiger partial charge is 0.497 e. The molecule has 30 heavy (non-hydrogen) atoms. The second-order valence-electron chi connectivity index (χ2n) is 7.35. The van der Waals surface area contributed by atoms with Crippen molar-refractivity contribution in [2.24, 2.45) is 0 Å². The highest BCUT2D eigenvalue weighted by molar-refractivity contribution is 5.98. The van der Waals surface area contributed by atoms with Crippen molar-refractivity contribution in [3.05, 3.63) is 65.4 Å². The minimum absolute atomic E-state index is 0.0873. The van der Waals surface area contributed by atoms with Gasteiger partial charge in [0.25, 0.3) is 5.91 Å². The topological polar surface area (TPSA) is 83.6 Å². The normalized spacial score (nSPS) is 10.8. The Morgan fingerprint density at radius 1 is 1.10 bits per heavy atom. The molecule has 1 aromatic heterocycles. The molecule has 2 amide bonds. The number of amides is 2. The molecule has 0 saturated heterocycles. The van der Waals surface area contributed by atoms with Gasteiger partial charge in [-0.2, -0.15) is 0 Å². The maximum Gasteiger partial charge on any atom is 0.253 e. The standard InChI is InChI=1S/C23H26N4O3/c1-15-20(11-17-8-9-19(30-4)12-21(17)25-15)23(29)24-13-16-6-5-7-18(10-16)26-22(28)14-27(2)3/h5-12H,13-14H2,1-4H3,(H,24,29)(H,26,28). The van der Waals surface area contributed by atoms with E-state index in [0.717, 1.165) is 22.2 Å². The molecule has 0 bridgehead atoms. The van der Waals surface area contributed by atoms with Crippen molar-refractivity contribution in [1.29, 1.82) is 0 Å². The Bertz CT molecular complexity index is 1080. The van der Waals surface area contributed by atoms with Gasteiger partial charge in [0.1, 0.15) is 5.75 Å². The quantitative estimate of drug-likeness (QED) is 0.630. The minimum Gasteiger partial charge on any atom is -0.497 e. The van der Waals surface area contributed by atoms with Gasteiger partial charge in [-0.3, -0.25) is 14.6 Å². The van der Waals surface area contributed by atoms with E-state index in [1.807, 2.05) is 69.6 Å². The summed E-state index contributed by atoms with van der Waals surface area (Å²) in [6.07, 6.45) is 0. The van der Waals surface area contributed by atoms with Crippen LogP contribution in [-0.2, 0) is 11.3 Å². The van der Waals surface area contributed by atoms with Crippen LogP contribution in [0.4, 0.5) is 5.69 Å². The average Bonchev–Trinajstić information content (AvgIpc) is 2.70. The molecule has 0 aliphatic heterocycles. The van der Waals surface area contributed by atoms with Gasteiger partial charge in [-0.25, -0.2) is 0 Å². The van der Waals surface area contributed by atoms with Gasteiger partial charge >= 0.3 is 0 Å². The number of methoxy groups -OCH3 is 1. The molecule has 156 valence electrons. The third-order valence-corrected chi connectivity index (χ3v) is 4.58. The summed E-state index contributed by atoms with van der Waals surface area (Å²) in [7, 11) is 5.29. The number of carbonyl (C=O) groups excluding carboxylic acids is 2. The second kappa shape index (κ2) is 9.37. The lowest BCUT2D eigenvalue weighted by Crippen LogP contribution is -2.27. The third kappa shape index (κ3) is 5.33. The van der Waals surface area contributed by atoms with Gasteiger partial charge < -0.3 is 20.3 Å². The maximum atomic E-state index is 12.7. The molecular formula is C23H26N4O3. The Morgan fingerprint density at radius 3 is 2.63 bits per heavy atom. The van der Waals surface area contributed by atoms with Crippen LogP contribution >= 0.6 is 0 Å². The number of nitrogens with one attached hydrogen (secondary N) is 2. The zero-order valence-corrected chi connectivity index (χ0v) is 17.7. The van der Waals surface area contributed by atoms with Crippen molar-refractivity contribution in [3.8, 4) is 5.75 Å². The van der Waals surface area contributed by atoms with Crippen molar-refractivity contribution in [3.63, 3.8) is 0 Å². The van der Waals surface area contributed by atoms with E-state index in [4.69, 9.17) is 4.74 Å². The summed E-state index contributed by atoms with van der Waals surface area (Å²) < 4.78 is 5.23. The van der Waals surface area contributed by atoms with Crippen molar-refractivity contribution in [2.45, 2.75) is 13.5 Å². The van der Waals surface area contributed by atoms with Crippen LogP contribution in [0.2, 0.25) is 0 Å². The van der Waals surface area contributed by atoms with E-state index in [0.29, 0.717) is 30.0 Å². The van der Waals surface area contributed by atoms with Gasteiger partial charge in [-0.15, -0.1) is 0 Å². The Hall–Kier alpha value is -3.45. The number of hydrogen-bond donors (Lipinski definition) is 2. The highest BCUT2D eigenvalue weighted by atomic mass is 16.5. The lowest BCUT2D eigenvalue weighted by molar-refractivity contribution is -0.116. The molecule has 2 aromatic carbocycles. The number of rotatable bonds is 7. The SMILES string of the molecule is COc1ccc2cc(C(=O)NCc3cccc(NC(=O)CN(C)C)c3)c(C)nc2c1. The predicted octanol–water partition coefficient (Wildman–Crippen LogP) is 2.98. The number of hydrogen-bond acceptors (Lipinski definition) is 5. The molecule has 0 atom stereocenters. The number of pyridine rings is 1. The highest BCUT2D eigenvalue weighted by Crippen LogP contribution is 2.22. The maximum absolute atomic E-state index is 12.7. The summed E-state index contributed by atoms with van der Waals surface area (Å²) in [5.41, 5.74) is 3.55. The molecule has 0 saturated carbocycles. The third-order valence-electron chi connectivity index (χ3n) is 4.58. The van der Waals surface area contributed by atoms with Crippen molar-refractivity contribution >= 4 is 28.4 Å². The number of fused-ring (bicyclic) bond motifs is 1. The zero-order valence-electron chi connectivity index (χ0n) is 17.7. The molecule has 0 aliphatic carbocycles. The zero-order chi connectivity index (χ0) is 21.7. The van der Waals surface area contributed by atoms with Gasteiger partial charge in [0.05, 0.1) is 30.4 Å². The highest BCUT2D eigenvalue weighted by Gasteiger charge is 2.12. The summed E-state index contributed by atoms with van der Waals surface area (Å²) in [6, 6.07) is 14.8. The van der Waals surface area contributed by atoms with Gasteiger partial charge in [0.15, 0.2) is 0 Å². The van der Waals surface area contributed by atoms with Crippen LogP contribution < -0.4 is 15.4 Å². The van der Waals surface area contributed by atoms with Crippen molar-refractivity contribution in [1.82, 2.24) is 15.2 Å². The van der Waals surface area contributed by atoms with E-state index in [9.17, 15) is 9.59 Å². The van der Waals surface area contributed by atoms with E-state index >= 15 is 0 Å². The molecule has 2 N–H and O–H groups in total. The number of ether oxygens (including phenoxy) is 1. The molecule has 0 unspecified atom stereocenters. The van der Waals surface area contributed by atoms with Gasteiger partial charge in [0, 0.05) is 23.7 Å². The van der Waals surface area contributed by atoms with Gasteiger partial charge in [0.2, 0.25) is 5.91 Å². The van der Waals surface area contributed by atoms with Gasteiger partial charge in [-0.1, -0.05) is 12.1 Å². The van der Waals surface area contributed by atoms with Crippen LogP contribution in [0.3, 0.4) is 0 Å². The molecule has 0 fully saturated rings. The molecule has 1 heterocycles. The Balaban J connectivity index is 1.69. The lowest BCUT2D eigenvalue weighted by Gasteiger charge is -2.12. The van der Waals surface area contributed by atoms with Crippen molar-refractivity contribution in [2.75, 3.05) is 33.1 Å². The first kappa shape index (κ1) is 21.3. The van der Waals surface area contributed by atoms with Crippen LogP contribution in [0, 0.1) is 6.92 Å². The van der Waals surface area contributed by atoms with Crippen LogP contribution in [0.25, 0.3) is 10.9 Å². The van der Waals surface area contributed by atoms with Crippen molar-refractivity contribution < 1.29 is 14.3 Å². The van der Waals surface area contributed by atoms with Crippen LogP contribution in [0.1, 0.15) is 21.6 Å². The molecule has 0 spiro atoms.